The van der Waals surface area contributed by atoms with Crippen molar-refractivity contribution >= 4 is 41.7 Å². The van der Waals surface area contributed by atoms with Crippen LogP contribution >= 0.6 is 24.2 Å². The minimum absolute atomic E-state index is 0. The van der Waals surface area contributed by atoms with E-state index in [0.717, 1.165) is 36.3 Å². The molecule has 0 spiro atoms. The van der Waals surface area contributed by atoms with E-state index in [1.165, 1.54) is 18.2 Å². The smallest absolute Gasteiger partial charge is 0.238 e. The zero-order chi connectivity index (χ0) is 17.4. The number of amides is 2. The first-order chi connectivity index (χ1) is 12.1. The summed E-state index contributed by atoms with van der Waals surface area (Å²) in [6, 6.07) is 8.25. The molecule has 3 unspecified atom stereocenters. The average Bonchev–Trinajstić information content (AvgIpc) is 2.56. The minimum atomic E-state index is -0.361. The highest BCUT2D eigenvalue weighted by Crippen LogP contribution is 2.40. The predicted molar refractivity (Wildman–Crippen MR) is 107 cm³/mol. The topological polar surface area (TPSA) is 84.2 Å². The molecular weight excluding hydrogens is 370 g/mol. The Hall–Kier alpha value is -1.24. The van der Waals surface area contributed by atoms with Gasteiger partial charge < -0.3 is 16.4 Å². The summed E-state index contributed by atoms with van der Waals surface area (Å²) in [6.07, 6.45) is 5.79. The molecule has 2 saturated carbocycles. The minimum Gasteiger partial charge on any atom is -0.353 e. The maximum atomic E-state index is 12.6. The summed E-state index contributed by atoms with van der Waals surface area (Å²) in [4.78, 5) is 25.9. The van der Waals surface area contributed by atoms with Gasteiger partial charge >= 0.3 is 0 Å². The molecule has 3 atom stereocenters. The number of anilines is 1. The Balaban J connectivity index is 0.00000196. The fraction of sp³-hybridized carbons (Fsp3) is 0.579. The van der Waals surface area contributed by atoms with Gasteiger partial charge in [0.05, 0.1) is 10.9 Å². The highest BCUT2D eigenvalue weighted by molar-refractivity contribution is 8.01. The zero-order valence-corrected chi connectivity index (χ0v) is 16.3. The first-order valence-corrected chi connectivity index (χ1v) is 10.1. The molecule has 0 saturated heterocycles. The summed E-state index contributed by atoms with van der Waals surface area (Å²) in [5, 5.41) is 5.79. The van der Waals surface area contributed by atoms with Crippen LogP contribution in [0.15, 0.2) is 29.2 Å². The molecule has 7 heteroatoms. The predicted octanol–water partition coefficient (Wildman–Crippen LogP) is 2.93. The maximum absolute atomic E-state index is 12.6. The number of rotatable bonds is 3. The van der Waals surface area contributed by atoms with E-state index in [2.05, 4.69) is 10.6 Å². The number of thioether (sulfide) groups is 1. The number of carbonyl (C=O) groups is 2. The third-order valence-corrected chi connectivity index (χ3v) is 7.06. The van der Waals surface area contributed by atoms with Crippen LogP contribution in [0.5, 0.6) is 0 Å². The van der Waals surface area contributed by atoms with Crippen molar-refractivity contribution in [2.45, 2.75) is 60.8 Å². The van der Waals surface area contributed by atoms with Crippen LogP contribution in [-0.2, 0) is 9.59 Å². The molecular formula is C19H26ClN3O2S. The molecule has 4 N–H and O–H groups in total. The average molecular weight is 396 g/mol. The van der Waals surface area contributed by atoms with Crippen molar-refractivity contribution in [1.82, 2.24) is 5.32 Å². The molecule has 2 bridgehead atoms. The fourth-order valence-electron chi connectivity index (χ4n) is 4.67. The molecule has 0 radical (unpaired) electrons. The molecule has 26 heavy (non-hydrogen) atoms. The van der Waals surface area contributed by atoms with Gasteiger partial charge in [-0.25, -0.2) is 0 Å². The van der Waals surface area contributed by atoms with Gasteiger partial charge in [-0.1, -0.05) is 18.6 Å². The Morgan fingerprint density at radius 2 is 1.92 bits per heavy atom. The van der Waals surface area contributed by atoms with Crippen LogP contribution in [0.4, 0.5) is 5.69 Å². The molecule has 5 nitrogen and oxygen atoms in total. The number of carbonyl (C=O) groups excluding carboxylic acids is 2. The molecule has 2 amide bonds. The quantitative estimate of drug-likeness (QED) is 0.734. The third kappa shape index (κ3) is 4.02. The molecule has 1 aromatic carbocycles. The van der Waals surface area contributed by atoms with Crippen molar-refractivity contribution < 1.29 is 9.59 Å². The summed E-state index contributed by atoms with van der Waals surface area (Å²) >= 11 is 1.48. The third-order valence-electron chi connectivity index (χ3n) is 5.78. The summed E-state index contributed by atoms with van der Waals surface area (Å²) in [6.45, 7) is 0. The van der Waals surface area contributed by atoms with Gasteiger partial charge in [0.15, 0.2) is 0 Å². The van der Waals surface area contributed by atoms with Crippen LogP contribution in [0.1, 0.15) is 38.5 Å². The van der Waals surface area contributed by atoms with Gasteiger partial charge in [-0.2, -0.15) is 0 Å². The molecule has 1 aromatic rings. The summed E-state index contributed by atoms with van der Waals surface area (Å²) in [5.41, 5.74) is 7.00. The van der Waals surface area contributed by atoms with Crippen molar-refractivity contribution in [3.8, 4) is 0 Å². The van der Waals surface area contributed by atoms with Crippen molar-refractivity contribution in [1.29, 1.82) is 0 Å². The van der Waals surface area contributed by atoms with Crippen molar-refractivity contribution in [3.05, 3.63) is 24.3 Å². The standard InChI is InChI=1S/C19H25N3O2S.ClH/c20-13-8-11-4-3-5-12(9-13)18(11)22-17(23)10-16-19(24)21-14-6-1-2-7-15(14)25-16;/h1-2,6-7,11-13,16,18H,3-5,8-10,20H2,(H,21,24)(H,22,23);1H. The van der Waals surface area contributed by atoms with Crippen LogP contribution < -0.4 is 16.4 Å². The lowest BCUT2D eigenvalue weighted by Gasteiger charge is -2.45. The van der Waals surface area contributed by atoms with E-state index < -0.39 is 0 Å². The lowest BCUT2D eigenvalue weighted by Crippen LogP contribution is -2.54. The van der Waals surface area contributed by atoms with Crippen LogP contribution in [-0.4, -0.2) is 29.1 Å². The molecule has 2 fully saturated rings. The normalized spacial score (nSPS) is 32.7. The second-order valence-electron chi connectivity index (χ2n) is 7.57. The molecule has 4 rings (SSSR count). The van der Waals surface area contributed by atoms with Gasteiger partial charge in [-0.15, -0.1) is 24.2 Å². The van der Waals surface area contributed by atoms with Crippen LogP contribution in [0, 0.1) is 11.8 Å². The van der Waals surface area contributed by atoms with E-state index in [0.29, 0.717) is 11.8 Å². The maximum Gasteiger partial charge on any atom is 0.238 e. The van der Waals surface area contributed by atoms with Crippen LogP contribution in [0.3, 0.4) is 0 Å². The summed E-state index contributed by atoms with van der Waals surface area (Å²) in [5.74, 6) is 0.911. The number of nitrogens with one attached hydrogen (secondary N) is 2. The lowest BCUT2D eigenvalue weighted by atomic mass is 9.67. The van der Waals surface area contributed by atoms with E-state index in [-0.39, 0.29) is 48.0 Å². The number of hydrogen-bond donors (Lipinski definition) is 3. The van der Waals surface area contributed by atoms with E-state index in [9.17, 15) is 9.59 Å². The molecule has 1 aliphatic heterocycles. The van der Waals surface area contributed by atoms with Crippen molar-refractivity contribution in [2.24, 2.45) is 17.6 Å². The van der Waals surface area contributed by atoms with E-state index in [4.69, 9.17) is 5.73 Å². The van der Waals surface area contributed by atoms with Crippen molar-refractivity contribution in [3.63, 3.8) is 0 Å². The Bertz CT molecular complexity index is 673. The fourth-order valence-corrected chi connectivity index (χ4v) is 5.78. The Morgan fingerprint density at radius 3 is 2.65 bits per heavy atom. The second kappa shape index (κ2) is 8.19. The number of nitrogens with two attached hydrogens (primary N) is 1. The van der Waals surface area contributed by atoms with Gasteiger partial charge in [0, 0.05) is 23.4 Å². The van der Waals surface area contributed by atoms with Gasteiger partial charge in [0.1, 0.15) is 0 Å². The first kappa shape index (κ1) is 19.5. The van der Waals surface area contributed by atoms with E-state index in [1.54, 1.807) is 0 Å². The largest absolute Gasteiger partial charge is 0.353 e. The molecule has 0 aromatic heterocycles. The van der Waals surface area contributed by atoms with E-state index in [1.807, 2.05) is 24.3 Å². The molecule has 3 aliphatic rings. The Labute approximate surface area is 164 Å². The SMILES string of the molecule is Cl.NC1CC2CCCC(C1)C2NC(=O)CC1Sc2ccccc2NC1=O. The highest BCUT2D eigenvalue weighted by Gasteiger charge is 2.40. The van der Waals surface area contributed by atoms with Crippen LogP contribution in [0.2, 0.25) is 0 Å². The van der Waals surface area contributed by atoms with Gasteiger partial charge in [0.2, 0.25) is 11.8 Å². The highest BCUT2D eigenvalue weighted by atomic mass is 35.5. The van der Waals surface area contributed by atoms with Crippen molar-refractivity contribution in [2.75, 3.05) is 5.32 Å². The van der Waals surface area contributed by atoms with Gasteiger partial charge in [-0.05, 0) is 49.7 Å². The van der Waals surface area contributed by atoms with Crippen LogP contribution in [0.25, 0.3) is 0 Å². The summed E-state index contributed by atoms with van der Waals surface area (Å²) < 4.78 is 0. The molecule has 142 valence electrons. The lowest BCUT2D eigenvalue weighted by molar-refractivity contribution is -0.125. The number of para-hydroxylation sites is 1. The van der Waals surface area contributed by atoms with Gasteiger partial charge in [-0.3, -0.25) is 9.59 Å². The monoisotopic (exact) mass is 395 g/mol. The molecule has 2 aliphatic carbocycles. The van der Waals surface area contributed by atoms with Gasteiger partial charge in [0.25, 0.3) is 0 Å². The number of hydrogen-bond acceptors (Lipinski definition) is 4. The molecule has 1 heterocycles. The number of benzene rings is 1. The summed E-state index contributed by atoms with van der Waals surface area (Å²) in [7, 11) is 0. The Kier molecular flexibility index (Phi) is 6.15. The number of halogens is 1. The Morgan fingerprint density at radius 1 is 1.23 bits per heavy atom. The zero-order valence-electron chi connectivity index (χ0n) is 14.6. The number of fused-ring (bicyclic) bond motifs is 3. The van der Waals surface area contributed by atoms with E-state index >= 15 is 0 Å². The first-order valence-electron chi connectivity index (χ1n) is 9.21. The second-order valence-corrected chi connectivity index (χ2v) is 8.82.